The Kier molecular flexibility index (Phi) is 7.45. The number of nitrogens with zero attached hydrogens (tertiary/aromatic N) is 2. The summed E-state index contributed by atoms with van der Waals surface area (Å²) in [5.41, 5.74) is 21.2. The molecule has 0 fully saturated rings. The fraction of sp³-hybridized carbons (Fsp3) is 0.135. The molecule has 0 saturated heterocycles. The monoisotopic (exact) mass is 694 g/mol. The molecule has 0 aliphatic heterocycles. The van der Waals surface area contributed by atoms with Crippen molar-refractivity contribution in [3.8, 4) is 55.8 Å². The number of para-hydroxylation sites is 1. The normalized spacial score (nSPS) is 14.3. The fourth-order valence-corrected chi connectivity index (χ4v) is 9.34. The molecule has 2 heteroatoms. The van der Waals surface area contributed by atoms with E-state index in [0.29, 0.717) is 0 Å². The number of allylic oxidation sites excluding steroid dienone is 4. The van der Waals surface area contributed by atoms with Crippen LogP contribution in [0.3, 0.4) is 0 Å². The molecule has 0 spiro atoms. The van der Waals surface area contributed by atoms with Crippen LogP contribution in [0.5, 0.6) is 0 Å². The average molecular weight is 695 g/mol. The first-order valence-corrected chi connectivity index (χ1v) is 19.2. The molecule has 54 heavy (non-hydrogen) atoms. The summed E-state index contributed by atoms with van der Waals surface area (Å²) < 4.78 is 2.51. The van der Waals surface area contributed by atoms with Gasteiger partial charge in [-0.05, 0) is 124 Å². The molecule has 260 valence electrons. The molecule has 0 amide bonds. The fourth-order valence-electron chi connectivity index (χ4n) is 9.34. The van der Waals surface area contributed by atoms with Gasteiger partial charge >= 0.3 is 0 Å². The molecule has 0 saturated carbocycles. The number of benzene rings is 6. The summed E-state index contributed by atoms with van der Waals surface area (Å²) in [5.74, 6) is 0. The summed E-state index contributed by atoms with van der Waals surface area (Å²) in [5, 5.41) is 2.64. The molecular formula is C52H42N2. The number of aromatic nitrogens is 2. The Balaban J connectivity index is 1.14. The zero-order valence-corrected chi connectivity index (χ0v) is 31.3. The molecule has 6 aromatic carbocycles. The second-order valence-corrected chi connectivity index (χ2v) is 15.5. The zero-order chi connectivity index (χ0) is 36.6. The van der Waals surface area contributed by atoms with Crippen LogP contribution in [0.2, 0.25) is 0 Å². The zero-order valence-electron chi connectivity index (χ0n) is 31.3. The Hall–Kier alpha value is -6.25. The number of aryl methyl sites for hydroxylation is 1. The molecule has 2 aliphatic carbocycles. The Morgan fingerprint density at radius 2 is 1.26 bits per heavy atom. The lowest BCUT2D eigenvalue weighted by Gasteiger charge is -2.22. The van der Waals surface area contributed by atoms with Crippen LogP contribution in [0.4, 0.5) is 0 Å². The number of pyridine rings is 1. The lowest BCUT2D eigenvalue weighted by molar-refractivity contribution is 0.661. The summed E-state index contributed by atoms with van der Waals surface area (Å²) in [6, 6.07) is 49.4. The van der Waals surface area contributed by atoms with E-state index in [1.165, 1.54) is 88.7 Å². The lowest BCUT2D eigenvalue weighted by Crippen LogP contribution is -2.14. The third-order valence-electron chi connectivity index (χ3n) is 12.1. The van der Waals surface area contributed by atoms with Crippen LogP contribution >= 0.6 is 0 Å². The van der Waals surface area contributed by atoms with Crippen LogP contribution in [0.1, 0.15) is 48.9 Å². The van der Waals surface area contributed by atoms with Gasteiger partial charge in [0.25, 0.3) is 0 Å². The summed E-state index contributed by atoms with van der Waals surface area (Å²) in [6.07, 6.45) is 10.8. The van der Waals surface area contributed by atoms with Crippen LogP contribution in [0, 0.1) is 13.8 Å². The molecule has 10 rings (SSSR count). The van der Waals surface area contributed by atoms with Gasteiger partial charge in [-0.2, -0.15) is 0 Å². The van der Waals surface area contributed by atoms with E-state index in [1.807, 2.05) is 6.20 Å². The maximum Gasteiger partial charge on any atom is 0.0786 e. The van der Waals surface area contributed by atoms with Gasteiger partial charge in [-0.15, -0.1) is 0 Å². The van der Waals surface area contributed by atoms with Gasteiger partial charge in [0.1, 0.15) is 0 Å². The minimum Gasteiger partial charge on any atom is -0.313 e. The van der Waals surface area contributed by atoms with Crippen molar-refractivity contribution in [1.29, 1.82) is 0 Å². The van der Waals surface area contributed by atoms with Crippen LogP contribution < -0.4 is 0 Å². The topological polar surface area (TPSA) is 17.8 Å². The maximum atomic E-state index is 5.12. The third kappa shape index (κ3) is 4.90. The summed E-state index contributed by atoms with van der Waals surface area (Å²) >= 11 is 0. The first-order valence-electron chi connectivity index (χ1n) is 19.2. The summed E-state index contributed by atoms with van der Waals surface area (Å²) in [7, 11) is 0. The minimum atomic E-state index is -0.128. The van der Waals surface area contributed by atoms with Crippen molar-refractivity contribution >= 4 is 27.5 Å². The van der Waals surface area contributed by atoms with E-state index in [4.69, 9.17) is 4.98 Å². The Morgan fingerprint density at radius 1 is 0.556 bits per heavy atom. The van der Waals surface area contributed by atoms with Crippen molar-refractivity contribution in [2.45, 2.75) is 46.0 Å². The smallest absolute Gasteiger partial charge is 0.0786 e. The highest BCUT2D eigenvalue weighted by Crippen LogP contribution is 2.52. The van der Waals surface area contributed by atoms with Crippen molar-refractivity contribution in [2.75, 3.05) is 0 Å². The van der Waals surface area contributed by atoms with Gasteiger partial charge in [0.2, 0.25) is 0 Å². The van der Waals surface area contributed by atoms with Crippen molar-refractivity contribution < 1.29 is 0 Å². The van der Waals surface area contributed by atoms with Gasteiger partial charge in [0, 0.05) is 39.2 Å². The van der Waals surface area contributed by atoms with Gasteiger partial charge in [0.15, 0.2) is 0 Å². The molecule has 8 aromatic rings. The molecule has 0 radical (unpaired) electrons. The highest BCUT2D eigenvalue weighted by Gasteiger charge is 2.37. The standard InChI is InChI=1S/C52H42N2/c1-33-16-8-9-19-37(33)38-23-14-24-39(34(38)2)41-20-10-11-22-43(41)51-40(25-15-29-53-51)35-27-28-47-44(30-35)45-32-50-46(31-48(45)52(47,3)4)42-21-12-13-26-49(42)54(50)36-17-6-5-7-18-36/h5-6,8-17,19-32H,7,18H2,1-4H3. The number of rotatable bonds is 5. The molecule has 2 aromatic heterocycles. The Labute approximate surface area is 317 Å². The molecule has 2 aliphatic rings. The highest BCUT2D eigenvalue weighted by molar-refractivity contribution is 6.12. The molecule has 0 unspecified atom stereocenters. The number of hydrogen-bond acceptors (Lipinski definition) is 1. The predicted octanol–water partition coefficient (Wildman–Crippen LogP) is 14.0. The number of hydrogen-bond donors (Lipinski definition) is 0. The van der Waals surface area contributed by atoms with Crippen molar-refractivity contribution in [2.24, 2.45) is 0 Å². The van der Waals surface area contributed by atoms with E-state index < -0.39 is 0 Å². The minimum absolute atomic E-state index is 0.128. The first-order chi connectivity index (χ1) is 26.4. The van der Waals surface area contributed by atoms with Crippen LogP contribution in [0.25, 0.3) is 83.3 Å². The highest BCUT2D eigenvalue weighted by atomic mass is 15.0. The maximum absolute atomic E-state index is 5.12. The van der Waals surface area contributed by atoms with Crippen molar-refractivity contribution in [1.82, 2.24) is 9.55 Å². The Morgan fingerprint density at radius 3 is 2.07 bits per heavy atom. The molecule has 2 nitrogen and oxygen atoms in total. The van der Waals surface area contributed by atoms with E-state index in [2.05, 4.69) is 184 Å². The van der Waals surface area contributed by atoms with Gasteiger partial charge in [-0.3, -0.25) is 4.98 Å². The summed E-state index contributed by atoms with van der Waals surface area (Å²) in [6.45, 7) is 9.22. The number of fused-ring (bicyclic) bond motifs is 6. The molecule has 0 N–H and O–H groups in total. The third-order valence-corrected chi connectivity index (χ3v) is 12.1. The Bertz CT molecular complexity index is 2880. The van der Waals surface area contributed by atoms with E-state index >= 15 is 0 Å². The average Bonchev–Trinajstić information content (AvgIpc) is 3.65. The quantitative estimate of drug-likeness (QED) is 0.175. The first kappa shape index (κ1) is 32.4. The van der Waals surface area contributed by atoms with Crippen molar-refractivity contribution in [3.05, 3.63) is 180 Å². The van der Waals surface area contributed by atoms with Crippen LogP contribution in [-0.2, 0) is 5.41 Å². The largest absolute Gasteiger partial charge is 0.313 e. The van der Waals surface area contributed by atoms with E-state index in [9.17, 15) is 0 Å². The second-order valence-electron chi connectivity index (χ2n) is 15.5. The molecule has 2 heterocycles. The lowest BCUT2D eigenvalue weighted by atomic mass is 9.81. The van der Waals surface area contributed by atoms with Crippen LogP contribution in [0.15, 0.2) is 158 Å². The van der Waals surface area contributed by atoms with Gasteiger partial charge in [0.05, 0.1) is 16.7 Å². The molecular weight excluding hydrogens is 653 g/mol. The SMILES string of the molecule is Cc1ccccc1-c1cccc(-c2ccccc2-c2ncccc2-c2ccc3c(c2)-c2cc4c(cc2C3(C)C)c2ccccc2n4C2=CC=CCC2)c1C. The van der Waals surface area contributed by atoms with E-state index in [1.54, 1.807) is 0 Å². The molecule has 0 atom stereocenters. The van der Waals surface area contributed by atoms with Gasteiger partial charge in [-0.1, -0.05) is 129 Å². The van der Waals surface area contributed by atoms with Crippen LogP contribution in [-0.4, -0.2) is 9.55 Å². The van der Waals surface area contributed by atoms with Gasteiger partial charge in [-0.25, -0.2) is 0 Å². The van der Waals surface area contributed by atoms with E-state index in [0.717, 1.165) is 29.7 Å². The van der Waals surface area contributed by atoms with Gasteiger partial charge < -0.3 is 4.57 Å². The van der Waals surface area contributed by atoms with Crippen molar-refractivity contribution in [3.63, 3.8) is 0 Å². The summed E-state index contributed by atoms with van der Waals surface area (Å²) in [4.78, 5) is 5.12. The van der Waals surface area contributed by atoms with E-state index in [-0.39, 0.29) is 5.41 Å². The predicted molar refractivity (Wildman–Crippen MR) is 229 cm³/mol. The molecule has 0 bridgehead atoms. The second kappa shape index (κ2) is 12.4.